The van der Waals surface area contributed by atoms with Gasteiger partial charge in [-0.05, 0) is 37.1 Å². The van der Waals surface area contributed by atoms with Crippen LogP contribution in [0.25, 0.3) is 0 Å². The van der Waals surface area contributed by atoms with Crippen molar-refractivity contribution in [2.45, 2.75) is 17.7 Å². The van der Waals surface area contributed by atoms with Gasteiger partial charge in [0.2, 0.25) is 15.9 Å². The van der Waals surface area contributed by atoms with E-state index in [1.165, 1.54) is 48.9 Å². The van der Waals surface area contributed by atoms with Crippen LogP contribution < -0.4 is 14.8 Å². The van der Waals surface area contributed by atoms with Gasteiger partial charge in [0.05, 0.1) is 25.8 Å². The van der Waals surface area contributed by atoms with Gasteiger partial charge in [-0.3, -0.25) is 4.79 Å². The molecule has 0 aliphatic carbocycles. The number of anilines is 1. The number of carbonyl (C=O) groups excluding carboxylic acids is 1. The Labute approximate surface area is 169 Å². The normalized spacial score (nSPS) is 17.6. The van der Waals surface area contributed by atoms with E-state index in [1.807, 2.05) is 0 Å². The first-order valence-electron chi connectivity index (χ1n) is 9.14. The summed E-state index contributed by atoms with van der Waals surface area (Å²) >= 11 is 0. The zero-order valence-electron chi connectivity index (χ0n) is 16.2. The maximum Gasteiger partial charge on any atom is 0.246 e. The summed E-state index contributed by atoms with van der Waals surface area (Å²) in [7, 11) is -1.07. The molecule has 1 N–H and O–H groups in total. The number of benzene rings is 2. The van der Waals surface area contributed by atoms with Crippen LogP contribution in [0.15, 0.2) is 47.4 Å². The molecule has 2 aromatic rings. The molecule has 29 heavy (non-hydrogen) atoms. The molecule has 2 aromatic carbocycles. The van der Waals surface area contributed by atoms with Gasteiger partial charge in [-0.15, -0.1) is 0 Å². The van der Waals surface area contributed by atoms with Crippen molar-refractivity contribution >= 4 is 21.6 Å². The first-order valence-corrected chi connectivity index (χ1v) is 10.6. The minimum Gasteiger partial charge on any atom is -0.497 e. The SMILES string of the molecule is COc1ccc(OC)c(S(=O)(=O)N2CCCC(C(=O)Nc3ccccc3F)C2)c1. The van der Waals surface area contributed by atoms with E-state index in [4.69, 9.17) is 9.47 Å². The molecule has 9 heteroatoms. The quantitative estimate of drug-likeness (QED) is 0.774. The number of methoxy groups -OCH3 is 2. The summed E-state index contributed by atoms with van der Waals surface area (Å²) in [5, 5.41) is 2.55. The molecule has 3 rings (SSSR count). The van der Waals surface area contributed by atoms with E-state index in [2.05, 4.69) is 5.32 Å². The molecule has 0 spiro atoms. The van der Waals surface area contributed by atoms with E-state index < -0.39 is 27.7 Å². The fourth-order valence-electron chi connectivity index (χ4n) is 3.30. The molecule has 0 saturated carbocycles. The summed E-state index contributed by atoms with van der Waals surface area (Å²) in [5.41, 5.74) is 0.0759. The number of amides is 1. The number of hydrogen-bond donors (Lipinski definition) is 1. The average Bonchev–Trinajstić information content (AvgIpc) is 2.74. The molecule has 156 valence electrons. The highest BCUT2D eigenvalue weighted by Gasteiger charge is 2.35. The van der Waals surface area contributed by atoms with E-state index in [0.717, 1.165) is 0 Å². The van der Waals surface area contributed by atoms with Crippen molar-refractivity contribution in [3.05, 3.63) is 48.3 Å². The van der Waals surface area contributed by atoms with Gasteiger partial charge in [-0.1, -0.05) is 12.1 Å². The molecule has 0 aromatic heterocycles. The predicted octanol–water partition coefficient (Wildman–Crippen LogP) is 2.88. The van der Waals surface area contributed by atoms with Crippen LogP contribution in [-0.2, 0) is 14.8 Å². The molecule has 1 fully saturated rings. The molecule has 1 amide bonds. The van der Waals surface area contributed by atoms with Gasteiger partial charge in [0.15, 0.2) is 0 Å². The van der Waals surface area contributed by atoms with Crippen LogP contribution in [0.1, 0.15) is 12.8 Å². The lowest BCUT2D eigenvalue weighted by molar-refractivity contribution is -0.120. The molecule has 1 heterocycles. The zero-order valence-corrected chi connectivity index (χ0v) is 17.0. The molecule has 0 radical (unpaired) electrons. The third-order valence-electron chi connectivity index (χ3n) is 4.88. The lowest BCUT2D eigenvalue weighted by Crippen LogP contribution is -2.43. The van der Waals surface area contributed by atoms with Gasteiger partial charge in [-0.25, -0.2) is 12.8 Å². The Morgan fingerprint density at radius 3 is 2.62 bits per heavy atom. The Balaban J connectivity index is 1.81. The van der Waals surface area contributed by atoms with E-state index in [0.29, 0.717) is 18.6 Å². The Morgan fingerprint density at radius 1 is 1.17 bits per heavy atom. The number of piperidine rings is 1. The number of halogens is 1. The zero-order chi connectivity index (χ0) is 21.0. The van der Waals surface area contributed by atoms with Crippen molar-refractivity contribution in [3.8, 4) is 11.5 Å². The third-order valence-corrected chi connectivity index (χ3v) is 6.76. The Bertz CT molecular complexity index is 996. The molecule has 0 bridgehead atoms. The number of ether oxygens (including phenoxy) is 2. The van der Waals surface area contributed by atoms with E-state index >= 15 is 0 Å². The molecular weight excluding hydrogens is 399 g/mol. The second-order valence-electron chi connectivity index (χ2n) is 6.69. The fourth-order valence-corrected chi connectivity index (χ4v) is 4.99. The second kappa shape index (κ2) is 8.79. The van der Waals surface area contributed by atoms with Crippen molar-refractivity contribution in [2.75, 3.05) is 32.6 Å². The summed E-state index contributed by atoms with van der Waals surface area (Å²) in [5.74, 6) is -0.955. The van der Waals surface area contributed by atoms with Crippen molar-refractivity contribution < 1.29 is 27.1 Å². The smallest absolute Gasteiger partial charge is 0.246 e. The molecule has 1 saturated heterocycles. The van der Waals surface area contributed by atoms with Gasteiger partial charge < -0.3 is 14.8 Å². The average molecular weight is 422 g/mol. The Hall–Kier alpha value is -2.65. The van der Waals surface area contributed by atoms with Crippen molar-refractivity contribution in [1.29, 1.82) is 0 Å². The van der Waals surface area contributed by atoms with E-state index in [-0.39, 0.29) is 29.4 Å². The van der Waals surface area contributed by atoms with Crippen molar-refractivity contribution in [2.24, 2.45) is 5.92 Å². The number of rotatable bonds is 6. The van der Waals surface area contributed by atoms with Gasteiger partial charge >= 0.3 is 0 Å². The first-order chi connectivity index (χ1) is 13.9. The second-order valence-corrected chi connectivity index (χ2v) is 8.59. The number of sulfonamides is 1. The maximum atomic E-state index is 13.8. The summed E-state index contributed by atoms with van der Waals surface area (Å²) < 4.78 is 51.8. The Kier molecular flexibility index (Phi) is 6.39. The first kappa shape index (κ1) is 21.1. The monoisotopic (exact) mass is 422 g/mol. The molecule has 1 atom stereocenters. The lowest BCUT2D eigenvalue weighted by atomic mass is 9.98. The summed E-state index contributed by atoms with van der Waals surface area (Å²) in [6, 6.07) is 10.4. The minimum atomic E-state index is -3.91. The van der Waals surface area contributed by atoms with Crippen LogP contribution in [0.2, 0.25) is 0 Å². The number of nitrogens with zero attached hydrogens (tertiary/aromatic N) is 1. The van der Waals surface area contributed by atoms with Crippen LogP contribution in [0.3, 0.4) is 0 Å². The number of hydrogen-bond acceptors (Lipinski definition) is 5. The van der Waals surface area contributed by atoms with Gasteiger partial charge in [-0.2, -0.15) is 4.31 Å². The maximum absolute atomic E-state index is 13.8. The molecule has 1 aliphatic heterocycles. The predicted molar refractivity (Wildman–Crippen MR) is 106 cm³/mol. The van der Waals surface area contributed by atoms with Crippen molar-refractivity contribution in [3.63, 3.8) is 0 Å². The number of carbonyl (C=O) groups is 1. The molecule has 1 aliphatic rings. The fraction of sp³-hybridized carbons (Fsp3) is 0.350. The third kappa shape index (κ3) is 4.51. The summed E-state index contributed by atoms with van der Waals surface area (Å²) in [6.07, 6.45) is 1.03. The molecular formula is C20H23FN2O5S. The Morgan fingerprint density at radius 2 is 1.93 bits per heavy atom. The lowest BCUT2D eigenvalue weighted by Gasteiger charge is -2.31. The number of para-hydroxylation sites is 1. The highest BCUT2D eigenvalue weighted by Crippen LogP contribution is 2.33. The highest BCUT2D eigenvalue weighted by atomic mass is 32.2. The topological polar surface area (TPSA) is 84.9 Å². The standard InChI is InChI=1S/C20H23FN2O5S/c1-27-15-9-10-18(28-2)19(12-15)29(25,26)23-11-5-6-14(13-23)20(24)22-17-8-4-3-7-16(17)21/h3-4,7-10,12,14H,5-6,11,13H2,1-2H3,(H,22,24). The molecule has 7 nitrogen and oxygen atoms in total. The highest BCUT2D eigenvalue weighted by molar-refractivity contribution is 7.89. The minimum absolute atomic E-state index is 0.00296. The van der Waals surface area contributed by atoms with Gasteiger partial charge in [0, 0.05) is 19.2 Å². The van der Waals surface area contributed by atoms with Crippen LogP contribution >= 0.6 is 0 Å². The van der Waals surface area contributed by atoms with Gasteiger partial charge in [0.25, 0.3) is 0 Å². The van der Waals surface area contributed by atoms with Crippen molar-refractivity contribution in [1.82, 2.24) is 4.31 Å². The number of nitrogens with one attached hydrogen (secondary N) is 1. The largest absolute Gasteiger partial charge is 0.497 e. The summed E-state index contributed by atoms with van der Waals surface area (Å²) in [6.45, 7) is 0.287. The van der Waals surface area contributed by atoms with E-state index in [9.17, 15) is 17.6 Å². The van der Waals surface area contributed by atoms with Gasteiger partial charge in [0.1, 0.15) is 22.2 Å². The van der Waals surface area contributed by atoms with Crippen LogP contribution in [0, 0.1) is 11.7 Å². The molecule has 1 unspecified atom stereocenters. The summed E-state index contributed by atoms with van der Waals surface area (Å²) in [4.78, 5) is 12.6. The van der Waals surface area contributed by atoms with Crippen LogP contribution in [-0.4, -0.2) is 45.9 Å². The van der Waals surface area contributed by atoms with Crippen LogP contribution in [0.4, 0.5) is 10.1 Å². The van der Waals surface area contributed by atoms with Crippen LogP contribution in [0.5, 0.6) is 11.5 Å². The van der Waals surface area contributed by atoms with E-state index in [1.54, 1.807) is 12.1 Å².